The Morgan fingerprint density at radius 2 is 1.78 bits per heavy atom. The van der Waals surface area contributed by atoms with E-state index in [0.717, 1.165) is 10.2 Å². The third kappa shape index (κ3) is 5.45. The lowest BCUT2D eigenvalue weighted by molar-refractivity contribution is -0.122. The molecule has 0 unspecified atom stereocenters. The summed E-state index contributed by atoms with van der Waals surface area (Å²) < 4.78 is 12.0. The molecule has 120 valence electrons. The highest BCUT2D eigenvalue weighted by molar-refractivity contribution is 9.10. The molecule has 1 atom stereocenters. The first-order chi connectivity index (χ1) is 11.1. The molecule has 1 N–H and O–H groups in total. The van der Waals surface area contributed by atoms with E-state index in [-0.39, 0.29) is 5.91 Å². The zero-order chi connectivity index (χ0) is 16.7. The zero-order valence-corrected chi connectivity index (χ0v) is 14.4. The summed E-state index contributed by atoms with van der Waals surface area (Å²) in [5.74, 6) is 1.15. The van der Waals surface area contributed by atoms with Crippen LogP contribution in [-0.2, 0) is 4.79 Å². The van der Waals surface area contributed by atoms with E-state index >= 15 is 0 Å². The lowest BCUT2D eigenvalue weighted by atomic mass is 10.2. The van der Waals surface area contributed by atoms with E-state index in [1.165, 1.54) is 0 Å². The van der Waals surface area contributed by atoms with Crippen molar-refractivity contribution in [2.75, 3.05) is 11.9 Å². The molecular weight excluding hydrogens is 358 g/mol. The molecule has 0 aliphatic carbocycles. The van der Waals surface area contributed by atoms with Crippen molar-refractivity contribution in [3.8, 4) is 11.5 Å². The number of nitrogens with one attached hydrogen (secondary N) is 1. The molecule has 0 spiro atoms. The maximum atomic E-state index is 12.2. The predicted octanol–water partition coefficient (Wildman–Crippen LogP) is 4.42. The number of hydrogen-bond donors (Lipinski definition) is 1. The molecule has 0 heterocycles. The van der Waals surface area contributed by atoms with Crippen molar-refractivity contribution in [1.82, 2.24) is 0 Å². The van der Waals surface area contributed by atoms with Crippen LogP contribution in [0.4, 0.5) is 5.69 Å². The monoisotopic (exact) mass is 375 g/mol. The number of halogens is 1. The third-order valence-corrected chi connectivity index (χ3v) is 3.51. The standard InChI is InChI=1S/C18H18BrNO3/c1-3-12-22-16-10-6-15(7-11-16)20-18(21)13(2)23-17-8-4-14(19)5-9-17/h3-11,13H,1,12H2,2H3,(H,20,21)/t13-/m1/s1. The molecule has 5 heteroatoms. The van der Waals surface area contributed by atoms with Gasteiger partial charge in [0.25, 0.3) is 5.91 Å². The average molecular weight is 376 g/mol. The van der Waals surface area contributed by atoms with Gasteiger partial charge in [0.2, 0.25) is 0 Å². The van der Waals surface area contributed by atoms with E-state index in [1.807, 2.05) is 12.1 Å². The first kappa shape index (κ1) is 17.1. The molecule has 2 rings (SSSR count). The van der Waals surface area contributed by atoms with Crippen LogP contribution in [0.15, 0.2) is 65.7 Å². The summed E-state index contributed by atoms with van der Waals surface area (Å²) in [6.45, 7) is 5.75. The minimum Gasteiger partial charge on any atom is -0.490 e. The molecular formula is C18H18BrNO3. The van der Waals surface area contributed by atoms with Gasteiger partial charge in [-0.05, 0) is 55.5 Å². The van der Waals surface area contributed by atoms with Gasteiger partial charge in [0, 0.05) is 10.2 Å². The summed E-state index contributed by atoms with van der Waals surface area (Å²) in [4.78, 5) is 12.2. The summed E-state index contributed by atoms with van der Waals surface area (Å²) in [7, 11) is 0. The molecule has 0 bridgehead atoms. The van der Waals surface area contributed by atoms with Gasteiger partial charge in [0.05, 0.1) is 0 Å². The van der Waals surface area contributed by atoms with Crippen molar-refractivity contribution in [2.24, 2.45) is 0 Å². The second-order valence-corrected chi connectivity index (χ2v) is 5.74. The number of ether oxygens (including phenoxy) is 2. The van der Waals surface area contributed by atoms with Crippen molar-refractivity contribution in [1.29, 1.82) is 0 Å². The Hall–Kier alpha value is -2.27. The summed E-state index contributed by atoms with van der Waals surface area (Å²) in [5, 5.41) is 2.81. The van der Waals surface area contributed by atoms with Crippen LogP contribution in [0.1, 0.15) is 6.92 Å². The maximum absolute atomic E-state index is 12.2. The van der Waals surface area contributed by atoms with Gasteiger partial charge in [-0.25, -0.2) is 0 Å². The van der Waals surface area contributed by atoms with Crippen LogP contribution in [0.2, 0.25) is 0 Å². The van der Waals surface area contributed by atoms with E-state index in [1.54, 1.807) is 49.4 Å². The molecule has 0 saturated heterocycles. The van der Waals surface area contributed by atoms with Gasteiger partial charge in [0.15, 0.2) is 6.10 Å². The lowest BCUT2D eigenvalue weighted by Gasteiger charge is -2.15. The van der Waals surface area contributed by atoms with Gasteiger partial charge >= 0.3 is 0 Å². The van der Waals surface area contributed by atoms with Gasteiger partial charge in [-0.3, -0.25) is 4.79 Å². The fraction of sp³-hybridized carbons (Fsp3) is 0.167. The number of hydrogen-bond acceptors (Lipinski definition) is 3. The van der Waals surface area contributed by atoms with Crippen LogP contribution in [0.3, 0.4) is 0 Å². The zero-order valence-electron chi connectivity index (χ0n) is 12.8. The van der Waals surface area contributed by atoms with Crippen LogP contribution in [0.5, 0.6) is 11.5 Å². The van der Waals surface area contributed by atoms with Crippen molar-refractivity contribution in [2.45, 2.75) is 13.0 Å². The Bertz CT molecular complexity index is 653. The largest absolute Gasteiger partial charge is 0.490 e. The third-order valence-electron chi connectivity index (χ3n) is 2.99. The SMILES string of the molecule is C=CCOc1ccc(NC(=O)[C@@H](C)Oc2ccc(Br)cc2)cc1. The van der Waals surface area contributed by atoms with Crippen LogP contribution in [-0.4, -0.2) is 18.6 Å². The number of benzene rings is 2. The minimum absolute atomic E-state index is 0.215. The first-order valence-corrected chi connectivity index (χ1v) is 7.94. The Kier molecular flexibility index (Phi) is 6.23. The molecule has 0 aliphatic heterocycles. The average Bonchev–Trinajstić information content (AvgIpc) is 2.56. The quantitative estimate of drug-likeness (QED) is 0.728. The normalized spacial score (nSPS) is 11.4. The van der Waals surface area contributed by atoms with Crippen LogP contribution < -0.4 is 14.8 Å². The first-order valence-electron chi connectivity index (χ1n) is 7.15. The molecule has 2 aromatic carbocycles. The number of amides is 1. The predicted molar refractivity (Wildman–Crippen MR) is 95.0 cm³/mol. The summed E-state index contributed by atoms with van der Waals surface area (Å²) in [5.41, 5.74) is 0.687. The van der Waals surface area contributed by atoms with E-state index in [2.05, 4.69) is 27.8 Å². The minimum atomic E-state index is -0.604. The lowest BCUT2D eigenvalue weighted by Crippen LogP contribution is -2.30. The highest BCUT2D eigenvalue weighted by atomic mass is 79.9. The second-order valence-electron chi connectivity index (χ2n) is 4.83. The molecule has 23 heavy (non-hydrogen) atoms. The highest BCUT2D eigenvalue weighted by Gasteiger charge is 2.14. The Labute approximate surface area is 144 Å². The van der Waals surface area contributed by atoms with Gasteiger partial charge < -0.3 is 14.8 Å². The number of carbonyl (C=O) groups excluding carboxylic acids is 1. The van der Waals surface area contributed by atoms with Crippen LogP contribution in [0.25, 0.3) is 0 Å². The Morgan fingerprint density at radius 3 is 2.39 bits per heavy atom. The second kappa shape index (κ2) is 8.39. The van der Waals surface area contributed by atoms with E-state index in [9.17, 15) is 4.79 Å². The van der Waals surface area contributed by atoms with Gasteiger partial charge in [-0.1, -0.05) is 28.6 Å². The van der Waals surface area contributed by atoms with Crippen LogP contribution >= 0.6 is 15.9 Å². The van der Waals surface area contributed by atoms with Crippen molar-refractivity contribution in [3.63, 3.8) is 0 Å². The van der Waals surface area contributed by atoms with E-state index in [0.29, 0.717) is 18.0 Å². The number of carbonyl (C=O) groups is 1. The van der Waals surface area contributed by atoms with Crippen molar-refractivity contribution >= 4 is 27.5 Å². The smallest absolute Gasteiger partial charge is 0.265 e. The summed E-state index contributed by atoms with van der Waals surface area (Å²) >= 11 is 3.36. The fourth-order valence-corrected chi connectivity index (χ4v) is 2.07. The molecule has 4 nitrogen and oxygen atoms in total. The highest BCUT2D eigenvalue weighted by Crippen LogP contribution is 2.19. The fourth-order valence-electron chi connectivity index (χ4n) is 1.80. The Morgan fingerprint density at radius 1 is 1.17 bits per heavy atom. The van der Waals surface area contributed by atoms with Crippen LogP contribution in [0, 0.1) is 0 Å². The molecule has 0 aromatic heterocycles. The van der Waals surface area contributed by atoms with Crippen molar-refractivity contribution in [3.05, 3.63) is 65.7 Å². The molecule has 0 aliphatic rings. The topological polar surface area (TPSA) is 47.6 Å². The maximum Gasteiger partial charge on any atom is 0.265 e. The number of rotatable bonds is 7. The Balaban J connectivity index is 1.89. The van der Waals surface area contributed by atoms with Gasteiger partial charge in [-0.2, -0.15) is 0 Å². The molecule has 0 radical (unpaired) electrons. The summed E-state index contributed by atoms with van der Waals surface area (Å²) in [6, 6.07) is 14.5. The van der Waals surface area contributed by atoms with Crippen molar-refractivity contribution < 1.29 is 14.3 Å². The van der Waals surface area contributed by atoms with Gasteiger partial charge in [0.1, 0.15) is 18.1 Å². The summed E-state index contributed by atoms with van der Waals surface area (Å²) in [6.07, 6.45) is 1.07. The molecule has 0 fully saturated rings. The molecule has 0 saturated carbocycles. The molecule has 2 aromatic rings. The number of anilines is 1. The van der Waals surface area contributed by atoms with Gasteiger partial charge in [-0.15, -0.1) is 0 Å². The van der Waals surface area contributed by atoms with E-state index < -0.39 is 6.10 Å². The molecule has 1 amide bonds. The van der Waals surface area contributed by atoms with E-state index in [4.69, 9.17) is 9.47 Å².